The number of nitrogens with two attached hydrogens (primary N) is 1. The highest BCUT2D eigenvalue weighted by Gasteiger charge is 2.17. The standard InChI is InChI=1S/C15H14N2O2S2/c16-14-7-1-6-13-12(14)5-2-8-15(13)21(18,19)17-10-11-4-3-9-20-11/h1-9,17H,10,16H2. The summed E-state index contributed by atoms with van der Waals surface area (Å²) < 4.78 is 27.6. The van der Waals surface area contributed by atoms with Crippen LogP contribution in [0.25, 0.3) is 10.8 Å². The normalized spacial score (nSPS) is 11.8. The van der Waals surface area contributed by atoms with Gasteiger partial charge in [-0.2, -0.15) is 0 Å². The zero-order valence-electron chi connectivity index (χ0n) is 11.1. The second-order valence-electron chi connectivity index (χ2n) is 4.60. The molecule has 0 amide bonds. The SMILES string of the molecule is Nc1cccc2c(S(=O)(=O)NCc3cccs3)cccc12. The van der Waals surface area contributed by atoms with E-state index in [1.165, 1.54) is 11.3 Å². The number of anilines is 1. The molecular weight excluding hydrogens is 304 g/mol. The molecule has 3 aromatic rings. The molecule has 0 saturated heterocycles. The van der Waals surface area contributed by atoms with E-state index in [0.717, 1.165) is 10.3 Å². The summed E-state index contributed by atoms with van der Waals surface area (Å²) in [5, 5.41) is 3.30. The minimum absolute atomic E-state index is 0.254. The average molecular weight is 318 g/mol. The van der Waals surface area contributed by atoms with Gasteiger partial charge in [-0.05, 0) is 23.6 Å². The van der Waals surface area contributed by atoms with Crippen LogP contribution in [-0.4, -0.2) is 8.42 Å². The minimum Gasteiger partial charge on any atom is -0.398 e. The van der Waals surface area contributed by atoms with Crippen molar-refractivity contribution in [1.82, 2.24) is 4.72 Å². The van der Waals surface area contributed by atoms with Gasteiger partial charge in [0.05, 0.1) is 4.90 Å². The van der Waals surface area contributed by atoms with E-state index >= 15 is 0 Å². The van der Waals surface area contributed by atoms with E-state index in [-0.39, 0.29) is 4.90 Å². The molecule has 108 valence electrons. The van der Waals surface area contributed by atoms with E-state index in [4.69, 9.17) is 5.73 Å². The van der Waals surface area contributed by atoms with E-state index in [1.807, 2.05) is 23.6 Å². The van der Waals surface area contributed by atoms with Crippen molar-refractivity contribution in [3.63, 3.8) is 0 Å². The largest absolute Gasteiger partial charge is 0.398 e. The van der Waals surface area contributed by atoms with E-state index in [1.54, 1.807) is 30.3 Å². The highest BCUT2D eigenvalue weighted by Crippen LogP contribution is 2.27. The summed E-state index contributed by atoms with van der Waals surface area (Å²) in [6, 6.07) is 14.2. The van der Waals surface area contributed by atoms with Crippen molar-refractivity contribution in [2.45, 2.75) is 11.4 Å². The molecule has 0 aliphatic heterocycles. The Morgan fingerprint density at radius 1 is 1.00 bits per heavy atom. The first-order valence-electron chi connectivity index (χ1n) is 6.37. The van der Waals surface area contributed by atoms with Gasteiger partial charge in [-0.1, -0.05) is 30.3 Å². The van der Waals surface area contributed by atoms with Crippen LogP contribution in [0.1, 0.15) is 4.88 Å². The van der Waals surface area contributed by atoms with Crippen LogP contribution in [0.15, 0.2) is 58.8 Å². The van der Waals surface area contributed by atoms with E-state index in [0.29, 0.717) is 17.6 Å². The molecule has 1 heterocycles. The number of fused-ring (bicyclic) bond motifs is 1. The summed E-state index contributed by atoms with van der Waals surface area (Å²) in [5.74, 6) is 0. The Kier molecular flexibility index (Phi) is 3.67. The van der Waals surface area contributed by atoms with Gasteiger partial charge in [0.2, 0.25) is 10.0 Å². The fourth-order valence-electron chi connectivity index (χ4n) is 2.20. The molecule has 0 spiro atoms. The van der Waals surface area contributed by atoms with Gasteiger partial charge < -0.3 is 5.73 Å². The van der Waals surface area contributed by atoms with Gasteiger partial charge in [-0.25, -0.2) is 13.1 Å². The quantitative estimate of drug-likeness (QED) is 0.726. The summed E-state index contributed by atoms with van der Waals surface area (Å²) in [6.45, 7) is 0.290. The molecule has 4 nitrogen and oxygen atoms in total. The lowest BCUT2D eigenvalue weighted by atomic mass is 10.1. The maximum Gasteiger partial charge on any atom is 0.241 e. The molecule has 3 N–H and O–H groups in total. The van der Waals surface area contributed by atoms with Crippen LogP contribution >= 0.6 is 11.3 Å². The molecule has 0 atom stereocenters. The van der Waals surface area contributed by atoms with Crippen LogP contribution < -0.4 is 10.5 Å². The van der Waals surface area contributed by atoms with Crippen molar-refractivity contribution < 1.29 is 8.42 Å². The molecule has 0 saturated carbocycles. The summed E-state index contributed by atoms with van der Waals surface area (Å²) in [7, 11) is -3.58. The molecule has 0 fully saturated rings. The Labute approximate surface area is 127 Å². The van der Waals surface area contributed by atoms with Crippen molar-refractivity contribution in [3.05, 3.63) is 58.8 Å². The first-order valence-corrected chi connectivity index (χ1v) is 8.73. The van der Waals surface area contributed by atoms with Crippen molar-refractivity contribution in [1.29, 1.82) is 0 Å². The van der Waals surface area contributed by atoms with Gasteiger partial charge in [0.25, 0.3) is 0 Å². The molecule has 0 aliphatic carbocycles. The zero-order valence-corrected chi connectivity index (χ0v) is 12.7. The maximum absolute atomic E-state index is 12.5. The number of hydrogen-bond donors (Lipinski definition) is 2. The number of thiophene rings is 1. The van der Waals surface area contributed by atoms with E-state index < -0.39 is 10.0 Å². The zero-order chi connectivity index (χ0) is 14.9. The van der Waals surface area contributed by atoms with Crippen molar-refractivity contribution >= 4 is 37.8 Å². The van der Waals surface area contributed by atoms with Gasteiger partial charge in [0, 0.05) is 27.9 Å². The Hall–Kier alpha value is -1.89. The first-order chi connectivity index (χ1) is 10.1. The predicted molar refractivity (Wildman–Crippen MR) is 86.7 cm³/mol. The highest BCUT2D eigenvalue weighted by molar-refractivity contribution is 7.89. The minimum atomic E-state index is -3.58. The molecule has 0 aliphatic rings. The molecule has 21 heavy (non-hydrogen) atoms. The Balaban J connectivity index is 2.01. The lowest BCUT2D eigenvalue weighted by Gasteiger charge is -2.10. The number of rotatable bonds is 4. The monoisotopic (exact) mass is 318 g/mol. The topological polar surface area (TPSA) is 72.2 Å². The Morgan fingerprint density at radius 3 is 2.52 bits per heavy atom. The smallest absolute Gasteiger partial charge is 0.241 e. The van der Waals surface area contributed by atoms with Crippen LogP contribution in [0, 0.1) is 0 Å². The second-order valence-corrected chi connectivity index (χ2v) is 7.37. The molecule has 0 unspecified atom stereocenters. The number of hydrogen-bond acceptors (Lipinski definition) is 4. The molecule has 0 radical (unpaired) electrons. The fourth-order valence-corrected chi connectivity index (χ4v) is 4.16. The van der Waals surface area contributed by atoms with Crippen LogP contribution in [0.4, 0.5) is 5.69 Å². The molecule has 2 aromatic carbocycles. The van der Waals surface area contributed by atoms with Gasteiger partial charge in [0.15, 0.2) is 0 Å². The van der Waals surface area contributed by atoms with Gasteiger partial charge in [-0.15, -0.1) is 11.3 Å². The third-order valence-electron chi connectivity index (χ3n) is 3.22. The molecule has 0 bridgehead atoms. The van der Waals surface area contributed by atoms with Gasteiger partial charge >= 0.3 is 0 Å². The number of nitrogens with one attached hydrogen (secondary N) is 1. The van der Waals surface area contributed by atoms with Gasteiger partial charge in [0.1, 0.15) is 0 Å². The molecule has 6 heteroatoms. The maximum atomic E-state index is 12.5. The summed E-state index contributed by atoms with van der Waals surface area (Å²) in [5.41, 5.74) is 6.48. The third kappa shape index (κ3) is 2.78. The van der Waals surface area contributed by atoms with Crippen molar-refractivity contribution in [2.24, 2.45) is 0 Å². The average Bonchev–Trinajstić information content (AvgIpc) is 2.98. The lowest BCUT2D eigenvalue weighted by molar-refractivity contribution is 0.583. The highest BCUT2D eigenvalue weighted by atomic mass is 32.2. The molecule has 1 aromatic heterocycles. The first kappa shape index (κ1) is 14.1. The predicted octanol–water partition coefficient (Wildman–Crippen LogP) is 2.96. The summed E-state index contributed by atoms with van der Waals surface area (Å²) in [6.07, 6.45) is 0. The molecular formula is C15H14N2O2S2. The van der Waals surface area contributed by atoms with Gasteiger partial charge in [-0.3, -0.25) is 0 Å². The third-order valence-corrected chi connectivity index (χ3v) is 5.56. The summed E-state index contributed by atoms with van der Waals surface area (Å²) in [4.78, 5) is 1.22. The molecule has 3 rings (SSSR count). The second kappa shape index (κ2) is 5.48. The van der Waals surface area contributed by atoms with E-state index in [9.17, 15) is 8.42 Å². The Morgan fingerprint density at radius 2 is 1.76 bits per heavy atom. The van der Waals surface area contributed by atoms with E-state index in [2.05, 4.69) is 4.72 Å². The van der Waals surface area contributed by atoms with Crippen molar-refractivity contribution in [3.8, 4) is 0 Å². The summed E-state index contributed by atoms with van der Waals surface area (Å²) >= 11 is 1.52. The van der Waals surface area contributed by atoms with Crippen molar-refractivity contribution in [2.75, 3.05) is 5.73 Å². The fraction of sp³-hybridized carbons (Fsp3) is 0.0667. The number of nitrogen functional groups attached to an aromatic ring is 1. The number of benzene rings is 2. The van der Waals surface area contributed by atoms with Crippen LogP contribution in [0.5, 0.6) is 0 Å². The van der Waals surface area contributed by atoms with Crippen LogP contribution in [0.2, 0.25) is 0 Å². The number of sulfonamides is 1. The van der Waals surface area contributed by atoms with Crippen LogP contribution in [-0.2, 0) is 16.6 Å². The van der Waals surface area contributed by atoms with Crippen LogP contribution in [0.3, 0.4) is 0 Å². The Bertz CT molecular complexity index is 872. The lowest BCUT2D eigenvalue weighted by Crippen LogP contribution is -2.23.